The number of aliphatic hydroxyl groups is 1. The molecule has 0 amide bonds. The lowest BCUT2D eigenvalue weighted by molar-refractivity contribution is -0.139. The summed E-state index contributed by atoms with van der Waals surface area (Å²) in [6, 6.07) is 5.20. The highest BCUT2D eigenvalue weighted by Crippen LogP contribution is 2.27. The highest BCUT2D eigenvalue weighted by Gasteiger charge is 2.15. The molecule has 1 aromatic carbocycles. The van der Waals surface area contributed by atoms with Crippen molar-refractivity contribution in [3.05, 3.63) is 29.3 Å². The SMILES string of the molecule is COc1cccc(C(O)CC(=O)O)c1C. The molecule has 15 heavy (non-hydrogen) atoms. The second-order valence-corrected chi connectivity index (χ2v) is 3.29. The lowest BCUT2D eigenvalue weighted by atomic mass is 10.0. The van der Waals surface area contributed by atoms with E-state index in [1.54, 1.807) is 25.1 Å². The van der Waals surface area contributed by atoms with Crippen LogP contribution in [0.3, 0.4) is 0 Å². The molecule has 0 saturated heterocycles. The molecule has 0 aliphatic carbocycles. The second-order valence-electron chi connectivity index (χ2n) is 3.29. The molecule has 1 atom stereocenters. The third-order valence-corrected chi connectivity index (χ3v) is 2.27. The number of carbonyl (C=O) groups is 1. The molecule has 0 aromatic heterocycles. The Morgan fingerprint density at radius 1 is 1.53 bits per heavy atom. The van der Waals surface area contributed by atoms with Gasteiger partial charge in [0.1, 0.15) is 5.75 Å². The van der Waals surface area contributed by atoms with Crippen molar-refractivity contribution in [3.8, 4) is 5.75 Å². The first-order chi connectivity index (χ1) is 7.06. The molecule has 82 valence electrons. The Morgan fingerprint density at radius 2 is 2.20 bits per heavy atom. The van der Waals surface area contributed by atoms with Crippen LogP contribution in [0.5, 0.6) is 5.75 Å². The molecule has 0 spiro atoms. The van der Waals surface area contributed by atoms with E-state index in [9.17, 15) is 9.90 Å². The summed E-state index contributed by atoms with van der Waals surface area (Å²) in [6.07, 6.45) is -1.29. The average molecular weight is 210 g/mol. The van der Waals surface area contributed by atoms with Gasteiger partial charge in [0.05, 0.1) is 19.6 Å². The fourth-order valence-corrected chi connectivity index (χ4v) is 1.49. The minimum Gasteiger partial charge on any atom is -0.496 e. The standard InChI is InChI=1S/C11H14O4/c1-7-8(9(12)6-11(13)14)4-3-5-10(7)15-2/h3-5,9,12H,6H2,1-2H3,(H,13,14). The Labute approximate surface area is 88.1 Å². The number of hydrogen-bond acceptors (Lipinski definition) is 3. The third-order valence-electron chi connectivity index (χ3n) is 2.27. The average Bonchev–Trinajstić information content (AvgIpc) is 2.17. The monoisotopic (exact) mass is 210 g/mol. The highest BCUT2D eigenvalue weighted by atomic mass is 16.5. The molecule has 0 aliphatic rings. The van der Waals surface area contributed by atoms with Crippen molar-refractivity contribution in [1.29, 1.82) is 0 Å². The number of ether oxygens (including phenoxy) is 1. The Kier molecular flexibility index (Phi) is 3.68. The van der Waals surface area contributed by atoms with Crippen LogP contribution in [0.4, 0.5) is 0 Å². The first-order valence-electron chi connectivity index (χ1n) is 4.59. The van der Waals surface area contributed by atoms with Crippen molar-refractivity contribution in [3.63, 3.8) is 0 Å². The Hall–Kier alpha value is -1.55. The van der Waals surface area contributed by atoms with E-state index >= 15 is 0 Å². The molecule has 0 radical (unpaired) electrons. The number of aliphatic carboxylic acids is 1. The number of carboxylic acids is 1. The maximum atomic E-state index is 10.5. The summed E-state index contributed by atoms with van der Waals surface area (Å²) in [4.78, 5) is 10.5. The Balaban J connectivity index is 2.98. The first kappa shape index (κ1) is 11.5. The number of benzene rings is 1. The molecule has 4 heteroatoms. The fraction of sp³-hybridized carbons (Fsp3) is 0.364. The van der Waals surface area contributed by atoms with E-state index in [1.165, 1.54) is 7.11 Å². The van der Waals surface area contributed by atoms with Crippen molar-refractivity contribution in [2.45, 2.75) is 19.4 Å². The zero-order valence-corrected chi connectivity index (χ0v) is 8.73. The molecule has 0 fully saturated rings. The van der Waals surface area contributed by atoms with Crippen LogP contribution >= 0.6 is 0 Å². The van der Waals surface area contributed by atoms with Crippen LogP contribution in [0, 0.1) is 6.92 Å². The molecule has 1 aromatic rings. The van der Waals surface area contributed by atoms with Gasteiger partial charge in [-0.3, -0.25) is 4.79 Å². The van der Waals surface area contributed by atoms with Crippen LogP contribution in [0.15, 0.2) is 18.2 Å². The summed E-state index contributed by atoms with van der Waals surface area (Å²) in [7, 11) is 1.54. The van der Waals surface area contributed by atoms with E-state index in [0.717, 1.165) is 5.56 Å². The van der Waals surface area contributed by atoms with Crippen LogP contribution in [-0.2, 0) is 4.79 Å². The molecular weight excluding hydrogens is 196 g/mol. The predicted molar refractivity (Wildman–Crippen MR) is 54.9 cm³/mol. The van der Waals surface area contributed by atoms with Crippen LogP contribution in [0.2, 0.25) is 0 Å². The lowest BCUT2D eigenvalue weighted by Gasteiger charge is -2.14. The molecule has 1 rings (SSSR count). The van der Waals surface area contributed by atoms with E-state index in [4.69, 9.17) is 9.84 Å². The summed E-state index contributed by atoms with van der Waals surface area (Å²) >= 11 is 0. The summed E-state index contributed by atoms with van der Waals surface area (Å²) in [5.41, 5.74) is 1.37. The maximum Gasteiger partial charge on any atom is 0.306 e. The maximum absolute atomic E-state index is 10.5. The van der Waals surface area contributed by atoms with Crippen molar-refractivity contribution < 1.29 is 19.7 Å². The number of carboxylic acid groups (broad SMARTS) is 1. The summed E-state index contributed by atoms with van der Waals surface area (Å²) in [5.74, 6) is -0.373. The van der Waals surface area contributed by atoms with Crippen molar-refractivity contribution >= 4 is 5.97 Å². The minimum absolute atomic E-state index is 0.298. The van der Waals surface area contributed by atoms with Gasteiger partial charge in [0, 0.05) is 0 Å². The molecular formula is C11H14O4. The van der Waals surface area contributed by atoms with Crippen molar-refractivity contribution in [1.82, 2.24) is 0 Å². The summed E-state index contributed by atoms with van der Waals surface area (Å²) < 4.78 is 5.08. The number of rotatable bonds is 4. The van der Waals surface area contributed by atoms with Gasteiger partial charge in [0.15, 0.2) is 0 Å². The molecule has 2 N–H and O–H groups in total. The van der Waals surface area contributed by atoms with Crippen LogP contribution in [0.25, 0.3) is 0 Å². The molecule has 0 heterocycles. The van der Waals surface area contributed by atoms with Gasteiger partial charge < -0.3 is 14.9 Å². The lowest BCUT2D eigenvalue weighted by Crippen LogP contribution is -2.07. The third kappa shape index (κ3) is 2.70. The number of methoxy groups -OCH3 is 1. The summed E-state index contributed by atoms with van der Waals surface area (Å²) in [5, 5.41) is 18.2. The van der Waals surface area contributed by atoms with E-state index in [-0.39, 0.29) is 6.42 Å². The topological polar surface area (TPSA) is 66.8 Å². The predicted octanol–water partition coefficient (Wildman–Crippen LogP) is 1.51. The van der Waals surface area contributed by atoms with Crippen LogP contribution in [-0.4, -0.2) is 23.3 Å². The van der Waals surface area contributed by atoms with Crippen LogP contribution in [0.1, 0.15) is 23.7 Å². The van der Waals surface area contributed by atoms with Gasteiger partial charge in [-0.15, -0.1) is 0 Å². The van der Waals surface area contributed by atoms with E-state index in [2.05, 4.69) is 0 Å². The first-order valence-corrected chi connectivity index (χ1v) is 4.59. The number of hydrogen-bond donors (Lipinski definition) is 2. The van der Waals surface area contributed by atoms with Gasteiger partial charge in [-0.2, -0.15) is 0 Å². The Morgan fingerprint density at radius 3 is 2.73 bits per heavy atom. The van der Waals surface area contributed by atoms with E-state index in [0.29, 0.717) is 11.3 Å². The van der Waals surface area contributed by atoms with Crippen molar-refractivity contribution in [2.75, 3.05) is 7.11 Å². The zero-order chi connectivity index (χ0) is 11.4. The van der Waals surface area contributed by atoms with E-state index < -0.39 is 12.1 Å². The van der Waals surface area contributed by atoms with Gasteiger partial charge in [0.25, 0.3) is 0 Å². The van der Waals surface area contributed by atoms with Gasteiger partial charge in [-0.25, -0.2) is 0 Å². The van der Waals surface area contributed by atoms with Gasteiger partial charge in [0.2, 0.25) is 0 Å². The fourth-order valence-electron chi connectivity index (χ4n) is 1.49. The molecule has 4 nitrogen and oxygen atoms in total. The quantitative estimate of drug-likeness (QED) is 0.790. The number of aliphatic hydroxyl groups excluding tert-OH is 1. The van der Waals surface area contributed by atoms with Gasteiger partial charge >= 0.3 is 5.97 Å². The van der Waals surface area contributed by atoms with Gasteiger partial charge in [-0.05, 0) is 24.1 Å². The second kappa shape index (κ2) is 4.79. The largest absolute Gasteiger partial charge is 0.496 e. The smallest absolute Gasteiger partial charge is 0.306 e. The molecule has 0 aliphatic heterocycles. The van der Waals surface area contributed by atoms with Crippen LogP contribution < -0.4 is 4.74 Å². The Bertz CT molecular complexity index is 360. The molecule has 0 saturated carbocycles. The zero-order valence-electron chi connectivity index (χ0n) is 8.73. The van der Waals surface area contributed by atoms with Crippen molar-refractivity contribution in [2.24, 2.45) is 0 Å². The summed E-state index contributed by atoms with van der Waals surface area (Å²) in [6.45, 7) is 1.79. The molecule has 0 bridgehead atoms. The van der Waals surface area contributed by atoms with E-state index in [1.807, 2.05) is 0 Å². The molecule has 1 unspecified atom stereocenters. The normalized spacial score (nSPS) is 12.2. The van der Waals surface area contributed by atoms with Gasteiger partial charge in [-0.1, -0.05) is 12.1 Å². The minimum atomic E-state index is -1.02. The highest BCUT2D eigenvalue weighted by molar-refractivity contribution is 5.67.